The lowest BCUT2D eigenvalue weighted by Crippen LogP contribution is -2.04. The molecule has 0 radical (unpaired) electrons. The van der Waals surface area contributed by atoms with Crippen LogP contribution in [0, 0.1) is 0 Å². The van der Waals surface area contributed by atoms with Crippen LogP contribution in [-0.4, -0.2) is 15.0 Å². The first-order valence-corrected chi connectivity index (χ1v) is 4.74. The van der Waals surface area contributed by atoms with Crippen LogP contribution >= 0.6 is 0 Å². The van der Waals surface area contributed by atoms with Gasteiger partial charge in [-0.2, -0.15) is 4.68 Å². The zero-order valence-corrected chi connectivity index (χ0v) is 8.20. The third-order valence-electron chi connectivity index (χ3n) is 2.27. The molecule has 0 spiro atoms. The number of hydrogen-bond acceptors (Lipinski definition) is 4. The van der Waals surface area contributed by atoms with Gasteiger partial charge in [0.25, 0.3) is 0 Å². The molecule has 0 unspecified atom stereocenters. The maximum Gasteiger partial charge on any atom is 0.225 e. The van der Waals surface area contributed by atoms with E-state index in [2.05, 4.69) is 10.3 Å². The summed E-state index contributed by atoms with van der Waals surface area (Å²) in [5.41, 5.74) is 0.452. The van der Waals surface area contributed by atoms with Crippen molar-refractivity contribution in [2.75, 3.05) is 0 Å². The minimum Gasteiger partial charge on any atom is -0.438 e. The molecule has 5 heteroatoms. The van der Waals surface area contributed by atoms with Crippen molar-refractivity contribution in [1.82, 2.24) is 15.0 Å². The molecule has 2 heterocycles. The normalized spacial score (nSPS) is 10.8. The van der Waals surface area contributed by atoms with Crippen LogP contribution in [0.15, 0.2) is 51.9 Å². The van der Waals surface area contributed by atoms with Crippen molar-refractivity contribution in [1.29, 1.82) is 0 Å². The van der Waals surface area contributed by atoms with E-state index in [0.717, 1.165) is 0 Å². The Bertz CT molecular complexity index is 686. The van der Waals surface area contributed by atoms with E-state index < -0.39 is 0 Å². The molecular formula is C11H7N3O2. The van der Waals surface area contributed by atoms with E-state index in [1.54, 1.807) is 24.4 Å². The monoisotopic (exact) mass is 213 g/mol. The second kappa shape index (κ2) is 3.30. The fraction of sp³-hybridized carbons (Fsp3) is 0. The van der Waals surface area contributed by atoms with Crippen LogP contribution in [0.1, 0.15) is 0 Å². The zero-order valence-electron chi connectivity index (χ0n) is 8.20. The van der Waals surface area contributed by atoms with Gasteiger partial charge in [0.1, 0.15) is 5.58 Å². The number of aromatic nitrogens is 3. The molecule has 0 aliphatic carbocycles. The minimum atomic E-state index is -0.0904. The number of rotatable bonds is 1. The molecule has 0 N–H and O–H groups in total. The molecule has 0 amide bonds. The highest BCUT2D eigenvalue weighted by Crippen LogP contribution is 2.13. The summed E-state index contributed by atoms with van der Waals surface area (Å²) in [7, 11) is 0. The van der Waals surface area contributed by atoms with Gasteiger partial charge in [-0.3, -0.25) is 4.79 Å². The molecule has 16 heavy (non-hydrogen) atoms. The zero-order chi connectivity index (χ0) is 11.0. The Kier molecular flexibility index (Phi) is 1.83. The third kappa shape index (κ3) is 1.30. The van der Waals surface area contributed by atoms with Crippen molar-refractivity contribution >= 4 is 11.0 Å². The summed E-state index contributed by atoms with van der Waals surface area (Å²) in [6.07, 6.45) is 3.14. The van der Waals surface area contributed by atoms with Gasteiger partial charge in [-0.15, -0.1) is 5.10 Å². The first kappa shape index (κ1) is 8.84. The second-order valence-electron chi connectivity index (χ2n) is 3.29. The van der Waals surface area contributed by atoms with E-state index >= 15 is 0 Å². The summed E-state index contributed by atoms with van der Waals surface area (Å²) in [5, 5.41) is 7.99. The van der Waals surface area contributed by atoms with Crippen LogP contribution in [0.2, 0.25) is 0 Å². The summed E-state index contributed by atoms with van der Waals surface area (Å²) in [5.74, 6) is 0.362. The quantitative estimate of drug-likeness (QED) is 0.612. The lowest BCUT2D eigenvalue weighted by molar-refractivity contribution is 0.540. The number of nitrogens with zero attached hydrogens (tertiary/aromatic N) is 3. The molecule has 2 aromatic heterocycles. The molecule has 0 saturated carbocycles. The highest BCUT2D eigenvalue weighted by molar-refractivity contribution is 5.76. The summed E-state index contributed by atoms with van der Waals surface area (Å²) >= 11 is 0. The second-order valence-corrected chi connectivity index (χ2v) is 3.29. The molecule has 0 bridgehead atoms. The largest absolute Gasteiger partial charge is 0.438 e. The van der Waals surface area contributed by atoms with Crippen LogP contribution in [0.4, 0.5) is 0 Å². The Morgan fingerprint density at radius 2 is 2.12 bits per heavy atom. The fourth-order valence-electron chi connectivity index (χ4n) is 1.53. The molecule has 0 fully saturated rings. The standard InChI is InChI=1S/C11H7N3O2/c15-9-7-11(14-6-5-12-13-14)16-10-4-2-1-3-8(9)10/h1-7H. The highest BCUT2D eigenvalue weighted by atomic mass is 16.4. The van der Waals surface area contributed by atoms with Gasteiger partial charge in [0.15, 0.2) is 5.43 Å². The van der Waals surface area contributed by atoms with Crippen LogP contribution < -0.4 is 5.43 Å². The molecular weight excluding hydrogens is 206 g/mol. The van der Waals surface area contributed by atoms with E-state index in [0.29, 0.717) is 16.9 Å². The number of para-hydroxylation sites is 1. The average molecular weight is 213 g/mol. The topological polar surface area (TPSA) is 60.9 Å². The van der Waals surface area contributed by atoms with Crippen molar-refractivity contribution < 1.29 is 4.42 Å². The van der Waals surface area contributed by atoms with E-state index in [-0.39, 0.29) is 5.43 Å². The molecule has 78 valence electrons. The van der Waals surface area contributed by atoms with E-state index in [9.17, 15) is 4.79 Å². The average Bonchev–Trinajstić information content (AvgIpc) is 2.82. The number of benzene rings is 1. The van der Waals surface area contributed by atoms with Gasteiger partial charge < -0.3 is 4.42 Å². The maximum atomic E-state index is 11.8. The van der Waals surface area contributed by atoms with Crippen LogP contribution in [0.25, 0.3) is 16.9 Å². The van der Waals surface area contributed by atoms with Crippen molar-refractivity contribution in [3.05, 3.63) is 52.9 Å². The Hall–Kier alpha value is -2.43. The smallest absolute Gasteiger partial charge is 0.225 e. The molecule has 3 aromatic rings. The highest BCUT2D eigenvalue weighted by Gasteiger charge is 2.05. The Balaban J connectivity index is 2.34. The third-order valence-corrected chi connectivity index (χ3v) is 2.27. The molecule has 5 nitrogen and oxygen atoms in total. The lowest BCUT2D eigenvalue weighted by Gasteiger charge is -2.00. The summed E-state index contributed by atoms with van der Waals surface area (Å²) in [4.78, 5) is 11.8. The van der Waals surface area contributed by atoms with Crippen molar-refractivity contribution in [3.63, 3.8) is 0 Å². The molecule has 0 saturated heterocycles. The van der Waals surface area contributed by atoms with Gasteiger partial charge in [0.2, 0.25) is 5.88 Å². The van der Waals surface area contributed by atoms with Crippen molar-refractivity contribution in [2.45, 2.75) is 0 Å². The van der Waals surface area contributed by atoms with E-state index in [4.69, 9.17) is 4.42 Å². The number of fused-ring (bicyclic) bond motifs is 1. The SMILES string of the molecule is O=c1cc(-n2ccnn2)oc2ccccc12. The van der Waals surface area contributed by atoms with E-state index in [1.165, 1.54) is 16.9 Å². The van der Waals surface area contributed by atoms with Gasteiger partial charge in [-0.05, 0) is 12.1 Å². The Morgan fingerprint density at radius 3 is 2.94 bits per heavy atom. The Labute approximate surface area is 89.9 Å². The van der Waals surface area contributed by atoms with Gasteiger partial charge in [0.05, 0.1) is 17.8 Å². The van der Waals surface area contributed by atoms with Crippen LogP contribution in [0.5, 0.6) is 0 Å². The van der Waals surface area contributed by atoms with Gasteiger partial charge in [0, 0.05) is 6.07 Å². The molecule has 0 atom stereocenters. The lowest BCUT2D eigenvalue weighted by atomic mass is 10.2. The molecule has 0 aliphatic heterocycles. The predicted molar refractivity (Wildman–Crippen MR) is 57.4 cm³/mol. The Morgan fingerprint density at radius 1 is 1.25 bits per heavy atom. The minimum absolute atomic E-state index is 0.0904. The van der Waals surface area contributed by atoms with Gasteiger partial charge in [-0.25, -0.2) is 0 Å². The first-order chi connectivity index (χ1) is 7.84. The van der Waals surface area contributed by atoms with Gasteiger partial charge >= 0.3 is 0 Å². The molecule has 1 aromatic carbocycles. The van der Waals surface area contributed by atoms with Crippen molar-refractivity contribution in [2.24, 2.45) is 0 Å². The first-order valence-electron chi connectivity index (χ1n) is 4.74. The van der Waals surface area contributed by atoms with E-state index in [1.807, 2.05) is 6.07 Å². The summed E-state index contributed by atoms with van der Waals surface area (Å²) in [6.45, 7) is 0. The summed E-state index contributed by atoms with van der Waals surface area (Å²) < 4.78 is 6.96. The van der Waals surface area contributed by atoms with Gasteiger partial charge in [-0.1, -0.05) is 17.3 Å². The maximum absolute atomic E-state index is 11.8. The number of hydrogen-bond donors (Lipinski definition) is 0. The molecule has 3 rings (SSSR count). The molecule has 0 aliphatic rings. The predicted octanol–water partition coefficient (Wildman–Crippen LogP) is 1.37. The summed E-state index contributed by atoms with van der Waals surface area (Å²) in [6, 6.07) is 8.49. The fourth-order valence-corrected chi connectivity index (χ4v) is 1.53. The van der Waals surface area contributed by atoms with Crippen LogP contribution in [0.3, 0.4) is 0 Å². The van der Waals surface area contributed by atoms with Crippen LogP contribution in [-0.2, 0) is 0 Å². The van der Waals surface area contributed by atoms with Crippen molar-refractivity contribution in [3.8, 4) is 5.88 Å².